The molecule has 1 N–H and O–H groups in total. The first-order valence-corrected chi connectivity index (χ1v) is 16.7. The highest BCUT2D eigenvalue weighted by Crippen LogP contribution is 2.29. The molecule has 9 heteroatoms. The lowest BCUT2D eigenvalue weighted by molar-refractivity contribution is -0.140. The van der Waals surface area contributed by atoms with Gasteiger partial charge in [-0.1, -0.05) is 99.0 Å². The fourth-order valence-corrected chi connectivity index (χ4v) is 6.63. The van der Waals surface area contributed by atoms with Gasteiger partial charge in [0.05, 0.1) is 11.9 Å². The van der Waals surface area contributed by atoms with Crippen molar-refractivity contribution in [2.75, 3.05) is 17.1 Å². The van der Waals surface area contributed by atoms with E-state index in [4.69, 9.17) is 11.6 Å². The highest BCUT2D eigenvalue weighted by molar-refractivity contribution is 7.92. The van der Waals surface area contributed by atoms with Crippen molar-refractivity contribution in [1.82, 2.24) is 10.2 Å². The van der Waals surface area contributed by atoms with Gasteiger partial charge < -0.3 is 10.2 Å². The van der Waals surface area contributed by atoms with Gasteiger partial charge in [0, 0.05) is 24.0 Å². The Labute approximate surface area is 254 Å². The lowest BCUT2D eigenvalue weighted by atomic mass is 10.0. The van der Waals surface area contributed by atoms with Gasteiger partial charge in [0.15, 0.2) is 0 Å². The van der Waals surface area contributed by atoms with Crippen LogP contribution in [0.25, 0.3) is 0 Å². The van der Waals surface area contributed by atoms with Gasteiger partial charge in [-0.05, 0) is 53.6 Å². The van der Waals surface area contributed by atoms with E-state index in [9.17, 15) is 18.0 Å². The van der Waals surface area contributed by atoms with Gasteiger partial charge in [-0.3, -0.25) is 13.9 Å². The van der Waals surface area contributed by atoms with Gasteiger partial charge in [0.1, 0.15) is 12.6 Å². The average molecular weight is 610 g/mol. The van der Waals surface area contributed by atoms with Gasteiger partial charge in [-0.2, -0.15) is 0 Å². The van der Waals surface area contributed by atoms with Gasteiger partial charge in [-0.15, -0.1) is 0 Å². The zero-order valence-corrected chi connectivity index (χ0v) is 26.1. The van der Waals surface area contributed by atoms with Gasteiger partial charge in [0.2, 0.25) is 21.8 Å². The van der Waals surface area contributed by atoms with Crippen molar-refractivity contribution in [2.24, 2.45) is 0 Å². The number of hydrogen-bond donors (Lipinski definition) is 1. The van der Waals surface area contributed by atoms with Crippen LogP contribution in [0.1, 0.15) is 62.1 Å². The minimum atomic E-state index is -3.84. The minimum absolute atomic E-state index is 0.0335. The molecule has 0 saturated heterocycles. The van der Waals surface area contributed by atoms with Crippen LogP contribution in [0.4, 0.5) is 5.69 Å². The largest absolute Gasteiger partial charge is 0.352 e. The van der Waals surface area contributed by atoms with Crippen molar-refractivity contribution in [3.8, 4) is 0 Å². The van der Waals surface area contributed by atoms with Gasteiger partial charge in [0.25, 0.3) is 0 Å². The first kappa shape index (κ1) is 31.6. The second-order valence-electron chi connectivity index (χ2n) is 11.3. The number of hydrogen-bond acceptors (Lipinski definition) is 4. The summed E-state index contributed by atoms with van der Waals surface area (Å²) in [4.78, 5) is 29.8. The van der Waals surface area contributed by atoms with Crippen molar-refractivity contribution in [3.63, 3.8) is 0 Å². The van der Waals surface area contributed by atoms with Crippen LogP contribution in [0.3, 0.4) is 0 Å². The molecule has 224 valence electrons. The number of para-hydroxylation sites is 1. The van der Waals surface area contributed by atoms with Crippen molar-refractivity contribution in [3.05, 3.63) is 101 Å². The number of nitrogens with zero attached hydrogens (tertiary/aromatic N) is 2. The SMILES string of the molecule is CC(C)c1ccccc1N(CC(=O)N(Cc1cccc(Cl)c1)[C@H](Cc1ccccc1)C(=O)NC1CCCC1)S(C)(=O)=O. The predicted molar refractivity (Wildman–Crippen MR) is 169 cm³/mol. The molecule has 4 rings (SSSR count). The molecule has 1 fully saturated rings. The Morgan fingerprint density at radius 2 is 1.57 bits per heavy atom. The predicted octanol–water partition coefficient (Wildman–Crippen LogP) is 5.93. The second-order valence-corrected chi connectivity index (χ2v) is 13.7. The summed E-state index contributed by atoms with van der Waals surface area (Å²) in [6.07, 6.45) is 5.30. The Hall–Kier alpha value is -3.36. The first-order chi connectivity index (χ1) is 20.0. The molecule has 0 radical (unpaired) electrons. The van der Waals surface area contributed by atoms with E-state index >= 15 is 0 Å². The lowest BCUT2D eigenvalue weighted by Crippen LogP contribution is -2.54. The first-order valence-electron chi connectivity index (χ1n) is 14.5. The summed E-state index contributed by atoms with van der Waals surface area (Å²) in [6.45, 7) is 3.62. The molecule has 0 aliphatic heterocycles. The number of sulfonamides is 1. The van der Waals surface area contributed by atoms with Crippen LogP contribution < -0.4 is 9.62 Å². The van der Waals surface area contributed by atoms with E-state index < -0.39 is 28.5 Å². The van der Waals surface area contributed by atoms with Crippen LogP contribution in [-0.2, 0) is 32.6 Å². The number of carbonyl (C=O) groups excluding carboxylic acids is 2. The Balaban J connectivity index is 1.75. The summed E-state index contributed by atoms with van der Waals surface area (Å²) in [6, 6.07) is 23.1. The summed E-state index contributed by atoms with van der Waals surface area (Å²) in [5, 5.41) is 3.69. The molecule has 1 atom stereocenters. The highest BCUT2D eigenvalue weighted by Gasteiger charge is 2.34. The average Bonchev–Trinajstić information content (AvgIpc) is 3.46. The third-order valence-corrected chi connectivity index (χ3v) is 9.08. The molecule has 0 spiro atoms. The van der Waals surface area contributed by atoms with Crippen LogP contribution >= 0.6 is 11.6 Å². The summed E-state index contributed by atoms with van der Waals surface area (Å²) in [5.41, 5.74) is 2.92. The maximum atomic E-state index is 14.3. The molecular formula is C33H40ClN3O4S. The van der Waals surface area contributed by atoms with E-state index in [1.165, 1.54) is 4.90 Å². The van der Waals surface area contributed by atoms with E-state index in [-0.39, 0.29) is 30.8 Å². The summed E-state index contributed by atoms with van der Waals surface area (Å²) in [7, 11) is -3.84. The number of anilines is 1. The molecule has 0 unspecified atom stereocenters. The van der Waals surface area contributed by atoms with E-state index in [1.54, 1.807) is 30.3 Å². The number of benzene rings is 3. The number of rotatable bonds is 12. The summed E-state index contributed by atoms with van der Waals surface area (Å²) in [5.74, 6) is -0.679. The molecule has 7 nitrogen and oxygen atoms in total. The quantitative estimate of drug-likeness (QED) is 0.276. The van der Waals surface area contributed by atoms with Crippen LogP contribution in [0.15, 0.2) is 78.9 Å². The molecule has 0 bridgehead atoms. The Kier molecular flexibility index (Phi) is 10.7. The molecule has 0 heterocycles. The summed E-state index contributed by atoms with van der Waals surface area (Å²) >= 11 is 6.29. The minimum Gasteiger partial charge on any atom is -0.352 e. The zero-order chi connectivity index (χ0) is 30.3. The van der Waals surface area contributed by atoms with Crippen LogP contribution in [0, 0.1) is 0 Å². The van der Waals surface area contributed by atoms with Crippen LogP contribution in [-0.4, -0.2) is 50.0 Å². The monoisotopic (exact) mass is 609 g/mol. The Morgan fingerprint density at radius 3 is 2.21 bits per heavy atom. The molecule has 0 aromatic heterocycles. The summed E-state index contributed by atoms with van der Waals surface area (Å²) < 4.78 is 27.5. The molecule has 42 heavy (non-hydrogen) atoms. The normalized spacial score (nSPS) is 14.5. The van der Waals surface area contributed by atoms with Crippen molar-refractivity contribution >= 4 is 39.1 Å². The number of halogens is 1. The van der Waals surface area contributed by atoms with E-state index in [2.05, 4.69) is 5.32 Å². The third-order valence-electron chi connectivity index (χ3n) is 7.72. The smallest absolute Gasteiger partial charge is 0.244 e. The molecule has 1 aliphatic carbocycles. The molecular weight excluding hydrogens is 570 g/mol. The molecule has 1 saturated carbocycles. The fraction of sp³-hybridized carbons (Fsp3) is 0.394. The molecule has 1 aliphatic rings. The Morgan fingerprint density at radius 1 is 0.929 bits per heavy atom. The molecule has 2 amide bonds. The van der Waals surface area contributed by atoms with Gasteiger partial charge >= 0.3 is 0 Å². The van der Waals surface area contributed by atoms with Crippen molar-refractivity contribution < 1.29 is 18.0 Å². The van der Waals surface area contributed by atoms with E-state index in [0.717, 1.165) is 52.9 Å². The highest BCUT2D eigenvalue weighted by atomic mass is 35.5. The fourth-order valence-electron chi connectivity index (χ4n) is 5.55. The standard InChI is InChI=1S/C33H40ClN3O4S/c1-24(2)29-18-9-10-19-30(29)37(42(3,40)41)23-32(38)36(22-26-14-11-15-27(34)20-26)31(21-25-12-5-4-6-13-25)33(39)35-28-16-7-8-17-28/h4-6,9-15,18-20,24,28,31H,7-8,16-17,21-23H2,1-3H3,(H,35,39)/t31-/m1/s1. The van der Waals surface area contributed by atoms with Gasteiger partial charge in [-0.25, -0.2) is 8.42 Å². The third kappa shape index (κ3) is 8.35. The maximum Gasteiger partial charge on any atom is 0.244 e. The topological polar surface area (TPSA) is 86.8 Å². The van der Waals surface area contributed by atoms with Crippen LogP contribution in [0.2, 0.25) is 5.02 Å². The zero-order valence-electron chi connectivity index (χ0n) is 24.5. The molecule has 3 aromatic rings. The number of carbonyl (C=O) groups is 2. The molecule has 3 aromatic carbocycles. The Bertz CT molecular complexity index is 1470. The van der Waals surface area contributed by atoms with E-state index in [0.29, 0.717) is 10.7 Å². The number of nitrogens with one attached hydrogen (secondary N) is 1. The second kappa shape index (κ2) is 14.2. The van der Waals surface area contributed by atoms with Crippen molar-refractivity contribution in [2.45, 2.75) is 70.5 Å². The number of amides is 2. The van der Waals surface area contributed by atoms with Crippen molar-refractivity contribution in [1.29, 1.82) is 0 Å². The maximum absolute atomic E-state index is 14.3. The van der Waals surface area contributed by atoms with Crippen LogP contribution in [0.5, 0.6) is 0 Å². The van der Waals surface area contributed by atoms with E-state index in [1.807, 2.05) is 62.4 Å². The lowest BCUT2D eigenvalue weighted by Gasteiger charge is -2.34.